The van der Waals surface area contributed by atoms with Crippen LogP contribution in [0.25, 0.3) is 22.0 Å². The molecule has 0 aliphatic rings. The Labute approximate surface area is 98.9 Å². The lowest BCUT2D eigenvalue weighted by Crippen LogP contribution is -1.91. The first-order valence-electron chi connectivity index (χ1n) is 5.39. The molecule has 0 bridgehead atoms. The molecule has 0 saturated carbocycles. The lowest BCUT2D eigenvalue weighted by molar-refractivity contribution is 1.33. The summed E-state index contributed by atoms with van der Waals surface area (Å²) in [5.41, 5.74) is 9.63. The number of aromatic nitrogens is 2. The molecule has 0 amide bonds. The normalized spacial score (nSPS) is 10.6. The predicted molar refractivity (Wildman–Crippen MR) is 69.4 cm³/mol. The van der Waals surface area contributed by atoms with Crippen molar-refractivity contribution in [2.24, 2.45) is 0 Å². The molecule has 82 valence electrons. The Hall–Kier alpha value is -2.42. The number of benzene rings is 1. The number of hydrogen-bond donors (Lipinski definition) is 1. The lowest BCUT2D eigenvalue weighted by Gasteiger charge is -2.05. The van der Waals surface area contributed by atoms with Gasteiger partial charge in [0.05, 0.1) is 17.4 Å². The van der Waals surface area contributed by atoms with Crippen LogP contribution in [0.4, 0.5) is 5.69 Å². The van der Waals surface area contributed by atoms with Gasteiger partial charge >= 0.3 is 0 Å². The van der Waals surface area contributed by atoms with Crippen LogP contribution in [-0.4, -0.2) is 9.97 Å². The number of nitrogens with two attached hydrogens (primary N) is 1. The number of nitrogens with zero attached hydrogens (tertiary/aromatic N) is 2. The van der Waals surface area contributed by atoms with Crippen molar-refractivity contribution in [1.29, 1.82) is 0 Å². The van der Waals surface area contributed by atoms with Gasteiger partial charge in [0.2, 0.25) is 0 Å². The Morgan fingerprint density at radius 1 is 1.00 bits per heavy atom. The molecular formula is C14H11N3. The average Bonchev–Trinajstić information content (AvgIpc) is 2.39. The summed E-state index contributed by atoms with van der Waals surface area (Å²) in [5.74, 6) is 0. The van der Waals surface area contributed by atoms with E-state index in [-0.39, 0.29) is 0 Å². The summed E-state index contributed by atoms with van der Waals surface area (Å²) in [6.07, 6.45) is 5.20. The molecule has 0 fully saturated rings. The van der Waals surface area contributed by atoms with Crippen molar-refractivity contribution in [2.75, 3.05) is 5.73 Å². The van der Waals surface area contributed by atoms with Gasteiger partial charge in [0.15, 0.2) is 0 Å². The third-order valence-corrected chi connectivity index (χ3v) is 2.77. The van der Waals surface area contributed by atoms with Crippen molar-refractivity contribution >= 4 is 16.6 Å². The van der Waals surface area contributed by atoms with E-state index in [1.165, 1.54) is 0 Å². The minimum absolute atomic E-state index is 0.683. The Kier molecular flexibility index (Phi) is 2.22. The van der Waals surface area contributed by atoms with Gasteiger partial charge in [-0.05, 0) is 23.8 Å². The lowest BCUT2D eigenvalue weighted by atomic mass is 10.0. The minimum atomic E-state index is 0.683. The van der Waals surface area contributed by atoms with Crippen molar-refractivity contribution in [2.45, 2.75) is 0 Å². The molecule has 2 heterocycles. The molecule has 0 spiro atoms. The van der Waals surface area contributed by atoms with Gasteiger partial charge in [0, 0.05) is 23.3 Å². The SMILES string of the molecule is Nc1cnccc1-c1ccc2cccnc2c1. The summed E-state index contributed by atoms with van der Waals surface area (Å²) in [4.78, 5) is 8.33. The second-order valence-electron chi connectivity index (χ2n) is 3.87. The predicted octanol–water partition coefficient (Wildman–Crippen LogP) is 2.88. The number of nitrogen functional groups attached to an aromatic ring is 1. The Balaban J connectivity index is 2.22. The molecule has 3 aromatic rings. The number of hydrogen-bond acceptors (Lipinski definition) is 3. The molecule has 0 radical (unpaired) electrons. The van der Waals surface area contributed by atoms with Crippen molar-refractivity contribution in [3.8, 4) is 11.1 Å². The van der Waals surface area contributed by atoms with E-state index < -0.39 is 0 Å². The molecule has 0 saturated heterocycles. The third kappa shape index (κ3) is 1.72. The van der Waals surface area contributed by atoms with E-state index in [4.69, 9.17) is 5.73 Å². The fraction of sp³-hybridized carbons (Fsp3) is 0. The van der Waals surface area contributed by atoms with E-state index in [1.54, 1.807) is 18.6 Å². The average molecular weight is 221 g/mol. The van der Waals surface area contributed by atoms with Crippen LogP contribution in [0.5, 0.6) is 0 Å². The van der Waals surface area contributed by atoms with Crippen molar-refractivity contribution < 1.29 is 0 Å². The Bertz CT molecular complexity index is 677. The molecule has 1 aromatic carbocycles. The molecule has 0 atom stereocenters. The van der Waals surface area contributed by atoms with Crippen molar-refractivity contribution in [3.05, 3.63) is 55.0 Å². The fourth-order valence-corrected chi connectivity index (χ4v) is 1.90. The van der Waals surface area contributed by atoms with Crippen LogP contribution < -0.4 is 5.73 Å². The summed E-state index contributed by atoms with van der Waals surface area (Å²) >= 11 is 0. The topological polar surface area (TPSA) is 51.8 Å². The van der Waals surface area contributed by atoms with Crippen molar-refractivity contribution in [3.63, 3.8) is 0 Å². The second-order valence-corrected chi connectivity index (χ2v) is 3.87. The number of rotatable bonds is 1. The maximum atomic E-state index is 5.91. The van der Waals surface area contributed by atoms with Gasteiger partial charge in [-0.2, -0.15) is 0 Å². The van der Waals surface area contributed by atoms with Crippen molar-refractivity contribution in [1.82, 2.24) is 9.97 Å². The summed E-state index contributed by atoms with van der Waals surface area (Å²) < 4.78 is 0. The van der Waals surface area contributed by atoms with Crippen LogP contribution in [0.2, 0.25) is 0 Å². The van der Waals surface area contributed by atoms with Gasteiger partial charge in [-0.3, -0.25) is 9.97 Å². The third-order valence-electron chi connectivity index (χ3n) is 2.77. The van der Waals surface area contributed by atoms with Gasteiger partial charge in [-0.15, -0.1) is 0 Å². The highest BCUT2D eigenvalue weighted by atomic mass is 14.7. The zero-order valence-corrected chi connectivity index (χ0v) is 9.17. The highest BCUT2D eigenvalue weighted by Crippen LogP contribution is 2.26. The maximum absolute atomic E-state index is 5.91. The van der Waals surface area contributed by atoms with E-state index in [0.29, 0.717) is 5.69 Å². The molecule has 2 N–H and O–H groups in total. The monoisotopic (exact) mass is 221 g/mol. The Morgan fingerprint density at radius 2 is 1.94 bits per heavy atom. The molecule has 0 aliphatic heterocycles. The highest BCUT2D eigenvalue weighted by molar-refractivity contribution is 5.86. The summed E-state index contributed by atoms with van der Waals surface area (Å²) in [7, 11) is 0. The van der Waals surface area contributed by atoms with Crippen LogP contribution in [0.15, 0.2) is 55.0 Å². The molecule has 3 heteroatoms. The standard InChI is InChI=1S/C14H11N3/c15-13-9-16-7-5-12(13)11-4-3-10-2-1-6-17-14(10)8-11/h1-9H,15H2. The largest absolute Gasteiger partial charge is 0.397 e. The molecule has 0 unspecified atom stereocenters. The summed E-state index contributed by atoms with van der Waals surface area (Å²) in [6.45, 7) is 0. The van der Waals surface area contributed by atoms with E-state index >= 15 is 0 Å². The molecular weight excluding hydrogens is 210 g/mol. The van der Waals surface area contributed by atoms with E-state index in [1.807, 2.05) is 24.3 Å². The van der Waals surface area contributed by atoms with Gasteiger partial charge in [0.1, 0.15) is 0 Å². The van der Waals surface area contributed by atoms with Gasteiger partial charge in [-0.25, -0.2) is 0 Å². The number of pyridine rings is 2. The smallest absolute Gasteiger partial charge is 0.0708 e. The van der Waals surface area contributed by atoms with Crippen LogP contribution >= 0.6 is 0 Å². The fourth-order valence-electron chi connectivity index (χ4n) is 1.90. The molecule has 0 aliphatic carbocycles. The zero-order valence-electron chi connectivity index (χ0n) is 9.17. The van der Waals surface area contributed by atoms with Crippen LogP contribution in [0.3, 0.4) is 0 Å². The highest BCUT2D eigenvalue weighted by Gasteiger charge is 2.03. The van der Waals surface area contributed by atoms with Gasteiger partial charge in [0.25, 0.3) is 0 Å². The van der Waals surface area contributed by atoms with Gasteiger partial charge < -0.3 is 5.73 Å². The quantitative estimate of drug-likeness (QED) is 0.687. The summed E-state index contributed by atoms with van der Waals surface area (Å²) in [5, 5.41) is 1.13. The van der Waals surface area contributed by atoms with E-state index in [9.17, 15) is 0 Å². The summed E-state index contributed by atoms with van der Waals surface area (Å²) in [6, 6.07) is 12.0. The minimum Gasteiger partial charge on any atom is -0.397 e. The molecule has 3 rings (SSSR count). The van der Waals surface area contributed by atoms with E-state index in [0.717, 1.165) is 22.0 Å². The van der Waals surface area contributed by atoms with Crippen LogP contribution in [-0.2, 0) is 0 Å². The first kappa shape index (κ1) is 9.78. The van der Waals surface area contributed by atoms with Crippen LogP contribution in [0, 0.1) is 0 Å². The number of anilines is 1. The van der Waals surface area contributed by atoms with E-state index in [2.05, 4.69) is 22.1 Å². The second kappa shape index (κ2) is 3.87. The number of fused-ring (bicyclic) bond motifs is 1. The first-order valence-corrected chi connectivity index (χ1v) is 5.39. The molecule has 3 nitrogen and oxygen atoms in total. The first-order chi connectivity index (χ1) is 8.34. The Morgan fingerprint density at radius 3 is 2.82 bits per heavy atom. The van der Waals surface area contributed by atoms with Crippen LogP contribution in [0.1, 0.15) is 0 Å². The van der Waals surface area contributed by atoms with Gasteiger partial charge in [-0.1, -0.05) is 18.2 Å². The zero-order chi connectivity index (χ0) is 11.7. The molecule has 17 heavy (non-hydrogen) atoms. The maximum Gasteiger partial charge on any atom is 0.0708 e. The molecule has 2 aromatic heterocycles.